The molecule has 1 aliphatic rings. The molecule has 2 heterocycles. The summed E-state index contributed by atoms with van der Waals surface area (Å²) < 4.78 is 6.99. The average Bonchev–Trinajstić information content (AvgIpc) is 3.06. The van der Waals surface area contributed by atoms with Gasteiger partial charge in [-0.3, -0.25) is 0 Å². The lowest BCUT2D eigenvalue weighted by Gasteiger charge is -2.24. The number of nitrogens with zero attached hydrogens (tertiary/aromatic N) is 4. The summed E-state index contributed by atoms with van der Waals surface area (Å²) in [6, 6.07) is 0. The summed E-state index contributed by atoms with van der Waals surface area (Å²) in [4.78, 5) is 11.4. The van der Waals surface area contributed by atoms with E-state index in [-0.39, 0.29) is 6.10 Å². The van der Waals surface area contributed by atoms with Gasteiger partial charge in [0, 0.05) is 13.0 Å². The minimum Gasteiger partial charge on any atom is -0.479 e. The van der Waals surface area contributed by atoms with Crippen LogP contribution >= 0.6 is 0 Å². The Morgan fingerprint density at radius 3 is 3.00 bits per heavy atom. The number of carboxylic acids is 1. The third-order valence-corrected chi connectivity index (χ3v) is 3.86. The van der Waals surface area contributed by atoms with Gasteiger partial charge < -0.3 is 9.84 Å². The lowest BCUT2D eigenvalue weighted by molar-refractivity contribution is -0.147. The van der Waals surface area contributed by atoms with Crippen LogP contribution in [0.5, 0.6) is 0 Å². The van der Waals surface area contributed by atoms with Gasteiger partial charge in [-0.05, 0) is 43.0 Å². The second-order valence-electron chi connectivity index (χ2n) is 5.11. The molecule has 0 radical (unpaired) electrons. The lowest BCUT2D eigenvalue weighted by atomic mass is 9.99. The van der Waals surface area contributed by atoms with Crippen molar-refractivity contribution >= 4 is 5.97 Å². The van der Waals surface area contributed by atoms with E-state index in [2.05, 4.69) is 15.5 Å². The van der Waals surface area contributed by atoms with Crippen molar-refractivity contribution in [2.24, 2.45) is 0 Å². The Labute approximate surface area is 111 Å². The van der Waals surface area contributed by atoms with Crippen LogP contribution in [0.25, 0.3) is 0 Å². The minimum absolute atomic E-state index is 0.253. The molecule has 7 nitrogen and oxygen atoms in total. The van der Waals surface area contributed by atoms with Crippen LogP contribution in [-0.2, 0) is 21.5 Å². The van der Waals surface area contributed by atoms with Gasteiger partial charge in [0.2, 0.25) is 0 Å². The second kappa shape index (κ2) is 5.64. The Kier molecular flexibility index (Phi) is 4.14. The first-order valence-corrected chi connectivity index (χ1v) is 6.70. The van der Waals surface area contributed by atoms with Gasteiger partial charge in [-0.15, -0.1) is 5.10 Å². The van der Waals surface area contributed by atoms with Gasteiger partial charge in [0.05, 0.1) is 6.10 Å². The normalized spacial score (nSPS) is 22.3. The van der Waals surface area contributed by atoms with E-state index >= 15 is 0 Å². The number of hydrogen-bond acceptors (Lipinski definition) is 5. The molecule has 1 aliphatic heterocycles. The molecule has 0 aliphatic carbocycles. The number of rotatable bonds is 6. The fourth-order valence-electron chi connectivity index (χ4n) is 2.30. The highest BCUT2D eigenvalue weighted by Crippen LogP contribution is 2.22. The van der Waals surface area contributed by atoms with Crippen LogP contribution in [0, 0.1) is 0 Å². The predicted molar refractivity (Wildman–Crippen MR) is 66.7 cm³/mol. The predicted octanol–water partition coefficient (Wildman–Crippen LogP) is 0.994. The standard InChI is InChI=1S/C12H20N4O3/c1-3-12(2,11(17)18)16-10(13-14-15-16)7-6-9-5-4-8-19-9/h9H,3-8H2,1-2H3,(H,17,18). The molecule has 0 amide bonds. The zero-order valence-electron chi connectivity index (χ0n) is 11.4. The molecule has 2 unspecified atom stereocenters. The SMILES string of the molecule is CCC(C)(C(=O)O)n1nnnc1CCC1CCCO1. The highest BCUT2D eigenvalue weighted by atomic mass is 16.5. The number of aliphatic carboxylic acids is 1. The van der Waals surface area contributed by atoms with E-state index in [9.17, 15) is 9.90 Å². The van der Waals surface area contributed by atoms with E-state index < -0.39 is 11.5 Å². The Morgan fingerprint density at radius 2 is 2.42 bits per heavy atom. The number of ether oxygens (including phenoxy) is 1. The van der Waals surface area contributed by atoms with E-state index in [0.717, 1.165) is 25.9 Å². The van der Waals surface area contributed by atoms with Crippen molar-refractivity contribution in [1.82, 2.24) is 20.2 Å². The average molecular weight is 268 g/mol. The van der Waals surface area contributed by atoms with Crippen LogP contribution in [-0.4, -0.2) is 44.0 Å². The summed E-state index contributed by atoms with van der Waals surface area (Å²) in [5.41, 5.74) is -1.09. The molecule has 2 atom stereocenters. The lowest BCUT2D eigenvalue weighted by Crippen LogP contribution is -2.40. The summed E-state index contributed by atoms with van der Waals surface area (Å²) in [5.74, 6) is -0.303. The molecule has 0 spiro atoms. The van der Waals surface area contributed by atoms with Crippen LogP contribution < -0.4 is 0 Å². The van der Waals surface area contributed by atoms with E-state index in [1.807, 2.05) is 6.92 Å². The first-order chi connectivity index (χ1) is 9.08. The van der Waals surface area contributed by atoms with Crippen molar-refractivity contribution in [2.75, 3.05) is 6.61 Å². The minimum atomic E-state index is -1.09. The first kappa shape index (κ1) is 13.9. The van der Waals surface area contributed by atoms with Crippen LogP contribution in [0.1, 0.15) is 45.4 Å². The summed E-state index contributed by atoms with van der Waals surface area (Å²) in [6.45, 7) is 4.28. The molecule has 19 heavy (non-hydrogen) atoms. The van der Waals surface area contributed by atoms with Crippen LogP contribution in [0.3, 0.4) is 0 Å². The molecule has 106 valence electrons. The molecule has 1 fully saturated rings. The molecule has 1 aromatic heterocycles. The van der Waals surface area contributed by atoms with E-state index in [1.54, 1.807) is 6.92 Å². The molecule has 1 saturated heterocycles. The first-order valence-electron chi connectivity index (χ1n) is 6.70. The highest BCUT2D eigenvalue weighted by molar-refractivity contribution is 5.76. The number of carboxylic acid groups (broad SMARTS) is 1. The molecule has 0 aromatic carbocycles. The molecule has 1 N–H and O–H groups in total. The van der Waals surface area contributed by atoms with Gasteiger partial charge >= 0.3 is 5.97 Å². The Balaban J connectivity index is 2.10. The van der Waals surface area contributed by atoms with Crippen molar-refractivity contribution in [3.63, 3.8) is 0 Å². The summed E-state index contributed by atoms with van der Waals surface area (Å²) >= 11 is 0. The Hall–Kier alpha value is -1.50. The van der Waals surface area contributed by atoms with Gasteiger partial charge in [0.1, 0.15) is 0 Å². The molecular formula is C12H20N4O3. The van der Waals surface area contributed by atoms with Gasteiger partial charge in [-0.1, -0.05) is 6.92 Å². The fraction of sp³-hybridized carbons (Fsp3) is 0.833. The summed E-state index contributed by atoms with van der Waals surface area (Å²) in [5, 5.41) is 20.8. The van der Waals surface area contributed by atoms with E-state index in [4.69, 9.17) is 4.74 Å². The fourth-order valence-corrected chi connectivity index (χ4v) is 2.30. The maximum Gasteiger partial charge on any atom is 0.331 e. The quantitative estimate of drug-likeness (QED) is 0.827. The molecular weight excluding hydrogens is 248 g/mol. The van der Waals surface area contributed by atoms with Gasteiger partial charge in [-0.25, -0.2) is 9.48 Å². The van der Waals surface area contributed by atoms with Gasteiger partial charge in [-0.2, -0.15) is 0 Å². The Morgan fingerprint density at radius 1 is 1.63 bits per heavy atom. The molecule has 0 saturated carbocycles. The van der Waals surface area contributed by atoms with Crippen LogP contribution in [0.2, 0.25) is 0 Å². The highest BCUT2D eigenvalue weighted by Gasteiger charge is 2.36. The maximum atomic E-state index is 11.4. The zero-order chi connectivity index (χ0) is 13.9. The topological polar surface area (TPSA) is 90.1 Å². The number of tetrazole rings is 1. The number of aromatic nitrogens is 4. The van der Waals surface area contributed by atoms with Crippen molar-refractivity contribution in [3.8, 4) is 0 Å². The number of carbonyl (C=O) groups is 1. The van der Waals surface area contributed by atoms with E-state index in [0.29, 0.717) is 18.7 Å². The second-order valence-corrected chi connectivity index (χ2v) is 5.11. The Bertz CT molecular complexity index is 442. The monoisotopic (exact) mass is 268 g/mol. The molecule has 0 bridgehead atoms. The van der Waals surface area contributed by atoms with Crippen molar-refractivity contribution in [3.05, 3.63) is 5.82 Å². The number of hydrogen-bond donors (Lipinski definition) is 1. The van der Waals surface area contributed by atoms with Crippen molar-refractivity contribution in [1.29, 1.82) is 0 Å². The zero-order valence-corrected chi connectivity index (χ0v) is 11.4. The molecule has 7 heteroatoms. The van der Waals surface area contributed by atoms with Crippen molar-refractivity contribution < 1.29 is 14.6 Å². The molecule has 1 aromatic rings. The smallest absolute Gasteiger partial charge is 0.331 e. The van der Waals surface area contributed by atoms with Crippen molar-refractivity contribution in [2.45, 2.75) is 57.6 Å². The van der Waals surface area contributed by atoms with Gasteiger partial charge in [0.25, 0.3) is 0 Å². The number of aryl methyl sites for hydroxylation is 1. The maximum absolute atomic E-state index is 11.4. The van der Waals surface area contributed by atoms with Crippen LogP contribution in [0.15, 0.2) is 0 Å². The summed E-state index contributed by atoms with van der Waals surface area (Å²) in [7, 11) is 0. The van der Waals surface area contributed by atoms with Gasteiger partial charge in [0.15, 0.2) is 11.4 Å². The largest absolute Gasteiger partial charge is 0.479 e. The third-order valence-electron chi connectivity index (χ3n) is 3.86. The van der Waals surface area contributed by atoms with Crippen LogP contribution in [0.4, 0.5) is 0 Å². The third kappa shape index (κ3) is 2.75. The molecule has 2 rings (SSSR count). The van der Waals surface area contributed by atoms with E-state index in [1.165, 1.54) is 4.68 Å². The summed E-state index contributed by atoms with van der Waals surface area (Å²) in [6.07, 6.45) is 4.31.